The monoisotopic (exact) mass is 431 g/mol. The van der Waals surface area contributed by atoms with Crippen LogP contribution < -0.4 is 11.5 Å². The number of hydrogen-bond acceptors (Lipinski definition) is 6. The standard InChI is InChI=1S/C23H25N7O2/c1-23(17-6-7-17,16-4-2-14(3-5-16)15-8-27-22(25)28-9-15)21(24)29-20(31)19-10-26-13-30(19)18-11-32-12-18/h2-5,8-10,13,17-18H,6-7,11-12H2,1H3,(H2,24,29,31)(H2,25,27,28). The van der Waals surface area contributed by atoms with Crippen molar-refractivity contribution in [2.24, 2.45) is 16.6 Å². The molecule has 2 aliphatic rings. The largest absolute Gasteiger partial charge is 0.386 e. The zero-order chi connectivity index (χ0) is 22.3. The normalized spacial score (nSPS) is 18.7. The molecular weight excluding hydrogens is 406 g/mol. The van der Waals surface area contributed by atoms with Crippen LogP contribution in [-0.4, -0.2) is 44.5 Å². The highest BCUT2D eigenvalue weighted by Crippen LogP contribution is 2.47. The van der Waals surface area contributed by atoms with Gasteiger partial charge in [0.15, 0.2) is 0 Å². The number of aromatic nitrogens is 4. The van der Waals surface area contributed by atoms with Gasteiger partial charge in [-0.1, -0.05) is 24.3 Å². The molecule has 3 heterocycles. The molecule has 1 unspecified atom stereocenters. The molecule has 3 aromatic rings. The molecule has 9 heteroatoms. The van der Waals surface area contributed by atoms with Gasteiger partial charge >= 0.3 is 0 Å². The molecule has 4 N–H and O–H groups in total. The Hall–Kier alpha value is -3.59. The molecule has 2 fully saturated rings. The number of imidazole rings is 1. The second-order valence-corrected chi connectivity index (χ2v) is 8.56. The van der Waals surface area contributed by atoms with Gasteiger partial charge in [0, 0.05) is 18.0 Å². The number of benzene rings is 1. The number of carbonyl (C=O) groups is 1. The molecule has 1 saturated carbocycles. The van der Waals surface area contributed by atoms with Crippen LogP contribution in [0.2, 0.25) is 0 Å². The van der Waals surface area contributed by atoms with Crippen LogP contribution in [0, 0.1) is 5.92 Å². The highest BCUT2D eigenvalue weighted by Gasteiger charge is 2.46. The summed E-state index contributed by atoms with van der Waals surface area (Å²) in [7, 11) is 0. The zero-order valence-electron chi connectivity index (χ0n) is 17.8. The number of nitrogens with zero attached hydrogens (tertiary/aromatic N) is 5. The van der Waals surface area contributed by atoms with E-state index >= 15 is 0 Å². The van der Waals surface area contributed by atoms with Crippen molar-refractivity contribution in [2.75, 3.05) is 18.9 Å². The molecule has 9 nitrogen and oxygen atoms in total. The fraction of sp³-hybridized carbons (Fsp3) is 0.348. The first-order valence-corrected chi connectivity index (χ1v) is 10.6. The van der Waals surface area contributed by atoms with Crippen molar-refractivity contribution >= 4 is 17.7 Å². The van der Waals surface area contributed by atoms with Crippen LogP contribution in [-0.2, 0) is 10.2 Å². The minimum atomic E-state index is -0.532. The van der Waals surface area contributed by atoms with Crippen molar-refractivity contribution in [3.05, 3.63) is 60.4 Å². The lowest BCUT2D eigenvalue weighted by Gasteiger charge is -2.30. The van der Waals surface area contributed by atoms with E-state index in [1.54, 1.807) is 18.7 Å². The summed E-state index contributed by atoms with van der Waals surface area (Å²) in [6.45, 7) is 3.21. The summed E-state index contributed by atoms with van der Waals surface area (Å²) in [4.78, 5) is 29.6. The highest BCUT2D eigenvalue weighted by molar-refractivity contribution is 6.05. The number of ether oxygens (including phenoxy) is 1. The predicted molar refractivity (Wildman–Crippen MR) is 120 cm³/mol. The number of anilines is 1. The molecule has 0 radical (unpaired) electrons. The molecule has 1 amide bonds. The molecule has 1 saturated heterocycles. The van der Waals surface area contributed by atoms with Crippen LogP contribution >= 0.6 is 0 Å². The highest BCUT2D eigenvalue weighted by atomic mass is 16.5. The summed E-state index contributed by atoms with van der Waals surface area (Å²) in [5, 5.41) is 0. The van der Waals surface area contributed by atoms with Crippen LogP contribution in [0.4, 0.5) is 5.95 Å². The number of nitrogens with two attached hydrogens (primary N) is 2. The first-order chi connectivity index (χ1) is 15.5. The van der Waals surface area contributed by atoms with Gasteiger partial charge in [-0.25, -0.2) is 15.0 Å². The van der Waals surface area contributed by atoms with E-state index in [9.17, 15) is 4.79 Å². The van der Waals surface area contributed by atoms with Gasteiger partial charge in [0.1, 0.15) is 11.5 Å². The van der Waals surface area contributed by atoms with Gasteiger partial charge in [0.05, 0.1) is 37.2 Å². The molecule has 1 aliphatic heterocycles. The van der Waals surface area contributed by atoms with E-state index in [1.807, 2.05) is 28.8 Å². The lowest BCUT2D eigenvalue weighted by Crippen LogP contribution is -2.41. The summed E-state index contributed by atoms with van der Waals surface area (Å²) >= 11 is 0. The second-order valence-electron chi connectivity index (χ2n) is 8.56. The number of rotatable bonds is 6. The summed E-state index contributed by atoms with van der Waals surface area (Å²) in [5.74, 6) is 0.529. The van der Waals surface area contributed by atoms with E-state index in [0.717, 1.165) is 29.5 Å². The third kappa shape index (κ3) is 3.54. The first-order valence-electron chi connectivity index (χ1n) is 10.6. The second kappa shape index (κ2) is 7.83. The molecule has 1 atom stereocenters. The summed E-state index contributed by atoms with van der Waals surface area (Å²) in [6.07, 6.45) is 8.67. The van der Waals surface area contributed by atoms with E-state index in [4.69, 9.17) is 16.2 Å². The molecule has 1 aliphatic carbocycles. The lowest BCUT2D eigenvalue weighted by atomic mass is 9.76. The SMILES string of the molecule is CC(C(N)=NC(=O)c1cncn1C1COC1)(c1ccc(-c2cnc(N)nc2)cc1)C1CC1. The van der Waals surface area contributed by atoms with Gasteiger partial charge in [-0.15, -0.1) is 0 Å². The quantitative estimate of drug-likeness (QED) is 0.452. The topological polar surface area (TPSA) is 134 Å². The molecule has 1 aromatic carbocycles. The zero-order valence-corrected chi connectivity index (χ0v) is 17.8. The van der Waals surface area contributed by atoms with E-state index in [-0.39, 0.29) is 17.9 Å². The van der Waals surface area contributed by atoms with E-state index in [1.165, 1.54) is 6.20 Å². The van der Waals surface area contributed by atoms with Crippen molar-refractivity contribution < 1.29 is 9.53 Å². The number of nitrogen functional groups attached to an aromatic ring is 1. The van der Waals surface area contributed by atoms with Gasteiger partial charge < -0.3 is 20.8 Å². The maximum atomic E-state index is 13.0. The Morgan fingerprint density at radius 1 is 1.12 bits per heavy atom. The van der Waals surface area contributed by atoms with E-state index in [0.29, 0.717) is 30.7 Å². The maximum absolute atomic E-state index is 13.0. The third-order valence-corrected chi connectivity index (χ3v) is 6.54. The first kappa shape index (κ1) is 20.3. The van der Waals surface area contributed by atoms with Gasteiger partial charge in [-0.3, -0.25) is 4.79 Å². The molecule has 2 aromatic heterocycles. The van der Waals surface area contributed by atoms with Crippen molar-refractivity contribution in [1.29, 1.82) is 0 Å². The summed E-state index contributed by atoms with van der Waals surface area (Å²) in [5.41, 5.74) is 14.9. The average Bonchev–Trinajstić information content (AvgIpc) is 3.51. The van der Waals surface area contributed by atoms with Crippen LogP contribution in [0.1, 0.15) is 41.9 Å². The van der Waals surface area contributed by atoms with E-state index in [2.05, 4.69) is 26.9 Å². The van der Waals surface area contributed by atoms with Gasteiger partial charge in [-0.2, -0.15) is 4.99 Å². The van der Waals surface area contributed by atoms with Crippen LogP contribution in [0.3, 0.4) is 0 Å². The van der Waals surface area contributed by atoms with Crippen LogP contribution in [0.15, 0.2) is 54.2 Å². The molecule has 32 heavy (non-hydrogen) atoms. The summed E-state index contributed by atoms with van der Waals surface area (Å²) in [6, 6.07) is 8.20. The fourth-order valence-electron chi connectivity index (χ4n) is 4.18. The number of amidine groups is 1. The van der Waals surface area contributed by atoms with Gasteiger partial charge in [0.25, 0.3) is 5.91 Å². The van der Waals surface area contributed by atoms with Gasteiger partial charge in [0.2, 0.25) is 5.95 Å². The number of aliphatic imine (C=N–C) groups is 1. The molecular formula is C23H25N7O2. The Bertz CT molecular complexity index is 1160. The van der Waals surface area contributed by atoms with Crippen LogP contribution in [0.25, 0.3) is 11.1 Å². The smallest absolute Gasteiger partial charge is 0.296 e. The molecule has 0 bridgehead atoms. The number of amides is 1. The number of hydrogen-bond donors (Lipinski definition) is 2. The van der Waals surface area contributed by atoms with Crippen molar-refractivity contribution in [1.82, 2.24) is 19.5 Å². The predicted octanol–water partition coefficient (Wildman–Crippen LogP) is 2.36. The Balaban J connectivity index is 1.43. The lowest BCUT2D eigenvalue weighted by molar-refractivity contribution is -0.0240. The van der Waals surface area contributed by atoms with Crippen molar-refractivity contribution in [3.63, 3.8) is 0 Å². The van der Waals surface area contributed by atoms with Crippen molar-refractivity contribution in [3.8, 4) is 11.1 Å². The Morgan fingerprint density at radius 3 is 2.41 bits per heavy atom. The molecule has 0 spiro atoms. The Kier molecular flexibility index (Phi) is 4.97. The van der Waals surface area contributed by atoms with E-state index < -0.39 is 5.41 Å². The van der Waals surface area contributed by atoms with Crippen LogP contribution in [0.5, 0.6) is 0 Å². The number of carbonyl (C=O) groups excluding carboxylic acids is 1. The van der Waals surface area contributed by atoms with Crippen molar-refractivity contribution in [2.45, 2.75) is 31.2 Å². The minimum Gasteiger partial charge on any atom is -0.386 e. The Morgan fingerprint density at radius 2 is 1.81 bits per heavy atom. The Labute approximate surface area is 185 Å². The minimum absolute atomic E-state index is 0.118. The summed E-state index contributed by atoms with van der Waals surface area (Å²) < 4.78 is 7.06. The fourth-order valence-corrected chi connectivity index (χ4v) is 4.18. The molecule has 164 valence electrons. The third-order valence-electron chi connectivity index (χ3n) is 6.54. The average molecular weight is 432 g/mol. The van der Waals surface area contributed by atoms with Gasteiger partial charge in [-0.05, 0) is 36.8 Å². The molecule has 5 rings (SSSR count). The maximum Gasteiger partial charge on any atom is 0.296 e.